The predicted molar refractivity (Wildman–Crippen MR) is 44.2 cm³/mol. The van der Waals surface area contributed by atoms with Crippen LogP contribution in [0.5, 0.6) is 0 Å². The molecule has 0 unspecified atom stereocenters. The van der Waals surface area contributed by atoms with Gasteiger partial charge in [-0.2, -0.15) is 0 Å². The smallest absolute Gasteiger partial charge is 0.302 e. The molecule has 0 saturated heterocycles. The van der Waals surface area contributed by atoms with Crippen molar-refractivity contribution in [2.24, 2.45) is 0 Å². The molecule has 1 rings (SSSR count). The van der Waals surface area contributed by atoms with Crippen molar-refractivity contribution in [1.29, 1.82) is 0 Å². The molecule has 0 aliphatic carbocycles. The van der Waals surface area contributed by atoms with Crippen LogP contribution in [0.1, 0.15) is 17.5 Å². The van der Waals surface area contributed by atoms with Crippen LogP contribution in [0.4, 0.5) is 6.01 Å². The molecule has 6 nitrogen and oxygen atoms in total. The minimum absolute atomic E-state index is 0.0195. The molecule has 0 atom stereocenters. The fourth-order valence-electron chi connectivity index (χ4n) is 0.711. The third kappa shape index (κ3) is 2.29. The van der Waals surface area contributed by atoms with E-state index in [2.05, 4.69) is 15.6 Å². The highest BCUT2D eigenvalue weighted by Gasteiger charge is 2.10. The molecule has 0 aromatic carbocycles. The molecule has 2 N–H and O–H groups in total. The van der Waals surface area contributed by atoms with Gasteiger partial charge in [-0.25, -0.2) is 4.98 Å². The standard InChI is InChI=1S/C7H9N3O3/c1-4(11)10-7-9-3-5(13-7)6(12)8-2/h3H,1-2H3,(H,8,12)(H,9,10,11). The summed E-state index contributed by atoms with van der Waals surface area (Å²) >= 11 is 0. The molecule has 1 aromatic rings. The molecule has 0 aliphatic heterocycles. The Bertz CT molecular complexity index is 331. The second-order valence-corrected chi connectivity index (χ2v) is 2.29. The summed E-state index contributed by atoms with van der Waals surface area (Å²) in [6.45, 7) is 1.32. The topological polar surface area (TPSA) is 84.2 Å². The summed E-state index contributed by atoms with van der Waals surface area (Å²) in [4.78, 5) is 25.2. The zero-order valence-corrected chi connectivity index (χ0v) is 7.25. The number of carbonyl (C=O) groups is 2. The van der Waals surface area contributed by atoms with E-state index in [4.69, 9.17) is 4.42 Å². The second kappa shape index (κ2) is 3.70. The first-order valence-corrected chi connectivity index (χ1v) is 3.59. The summed E-state index contributed by atoms with van der Waals surface area (Å²) in [6.07, 6.45) is 1.24. The van der Waals surface area contributed by atoms with Crippen LogP contribution >= 0.6 is 0 Å². The maximum atomic E-state index is 11.0. The Morgan fingerprint density at radius 2 is 2.23 bits per heavy atom. The first-order valence-electron chi connectivity index (χ1n) is 3.59. The molecule has 6 heteroatoms. The molecule has 0 bridgehead atoms. The van der Waals surface area contributed by atoms with Crippen molar-refractivity contribution in [1.82, 2.24) is 10.3 Å². The number of hydrogen-bond donors (Lipinski definition) is 2. The quantitative estimate of drug-likeness (QED) is 0.675. The van der Waals surface area contributed by atoms with Gasteiger partial charge in [0.05, 0.1) is 6.20 Å². The molecule has 0 spiro atoms. The van der Waals surface area contributed by atoms with Crippen LogP contribution in [-0.2, 0) is 4.79 Å². The normalized spacial score (nSPS) is 9.38. The summed E-state index contributed by atoms with van der Waals surface area (Å²) in [5, 5.41) is 4.67. The van der Waals surface area contributed by atoms with E-state index in [-0.39, 0.29) is 23.6 Å². The minimum Gasteiger partial charge on any atom is -0.418 e. The Balaban J connectivity index is 2.74. The van der Waals surface area contributed by atoms with E-state index in [1.54, 1.807) is 0 Å². The number of hydrogen-bond acceptors (Lipinski definition) is 4. The molecule has 1 aromatic heterocycles. The van der Waals surface area contributed by atoms with Gasteiger partial charge in [0, 0.05) is 14.0 Å². The molecule has 2 amide bonds. The highest BCUT2D eigenvalue weighted by molar-refractivity contribution is 5.92. The van der Waals surface area contributed by atoms with Gasteiger partial charge in [0.1, 0.15) is 0 Å². The molecule has 0 aliphatic rings. The van der Waals surface area contributed by atoms with Crippen molar-refractivity contribution in [2.45, 2.75) is 6.92 Å². The molecule has 1 heterocycles. The van der Waals surface area contributed by atoms with Gasteiger partial charge in [0.25, 0.3) is 5.91 Å². The zero-order valence-electron chi connectivity index (χ0n) is 7.25. The molecule has 70 valence electrons. The molecular formula is C7H9N3O3. The van der Waals surface area contributed by atoms with Crippen LogP contribution < -0.4 is 10.6 Å². The Morgan fingerprint density at radius 3 is 2.77 bits per heavy atom. The first-order chi connectivity index (χ1) is 6.13. The van der Waals surface area contributed by atoms with Gasteiger partial charge in [0.15, 0.2) is 0 Å². The summed E-state index contributed by atoms with van der Waals surface area (Å²) in [5.74, 6) is -0.624. The number of anilines is 1. The van der Waals surface area contributed by atoms with E-state index in [1.807, 2.05) is 0 Å². The van der Waals surface area contributed by atoms with Crippen LogP contribution in [-0.4, -0.2) is 23.8 Å². The molecule has 0 fully saturated rings. The summed E-state index contributed by atoms with van der Waals surface area (Å²) < 4.78 is 4.89. The van der Waals surface area contributed by atoms with Gasteiger partial charge >= 0.3 is 6.01 Å². The lowest BCUT2D eigenvalue weighted by Crippen LogP contribution is -2.16. The second-order valence-electron chi connectivity index (χ2n) is 2.29. The number of rotatable bonds is 2. The van der Waals surface area contributed by atoms with Crippen molar-refractivity contribution in [2.75, 3.05) is 12.4 Å². The van der Waals surface area contributed by atoms with Crippen LogP contribution in [0.3, 0.4) is 0 Å². The number of carbonyl (C=O) groups excluding carboxylic acids is 2. The summed E-state index contributed by atoms with van der Waals surface area (Å²) in [6, 6.07) is 0.0195. The largest absolute Gasteiger partial charge is 0.418 e. The molecule has 0 saturated carbocycles. The summed E-state index contributed by atoms with van der Waals surface area (Å²) in [7, 11) is 1.48. The van der Waals surface area contributed by atoms with Crippen molar-refractivity contribution >= 4 is 17.8 Å². The van der Waals surface area contributed by atoms with Crippen molar-refractivity contribution in [3.05, 3.63) is 12.0 Å². The average Bonchev–Trinajstić information content (AvgIpc) is 2.50. The maximum Gasteiger partial charge on any atom is 0.302 e. The van der Waals surface area contributed by atoms with Crippen LogP contribution in [0.15, 0.2) is 10.6 Å². The summed E-state index contributed by atoms with van der Waals surface area (Å²) in [5.41, 5.74) is 0. The van der Waals surface area contributed by atoms with E-state index in [1.165, 1.54) is 20.2 Å². The number of nitrogens with one attached hydrogen (secondary N) is 2. The fraction of sp³-hybridized carbons (Fsp3) is 0.286. The van der Waals surface area contributed by atoms with Gasteiger partial charge in [-0.3, -0.25) is 14.9 Å². The lowest BCUT2D eigenvalue weighted by molar-refractivity contribution is -0.114. The Morgan fingerprint density at radius 1 is 1.54 bits per heavy atom. The average molecular weight is 183 g/mol. The van der Waals surface area contributed by atoms with Gasteiger partial charge in [-0.1, -0.05) is 0 Å². The van der Waals surface area contributed by atoms with E-state index < -0.39 is 0 Å². The molecule has 0 radical (unpaired) electrons. The number of amides is 2. The molecular weight excluding hydrogens is 174 g/mol. The van der Waals surface area contributed by atoms with Gasteiger partial charge < -0.3 is 9.73 Å². The maximum absolute atomic E-state index is 11.0. The van der Waals surface area contributed by atoms with Crippen molar-refractivity contribution in [3.63, 3.8) is 0 Å². The Kier molecular flexibility index (Phi) is 2.63. The Labute approximate surface area is 74.3 Å². The Hall–Kier alpha value is -1.85. The van der Waals surface area contributed by atoms with Gasteiger partial charge in [-0.15, -0.1) is 0 Å². The van der Waals surface area contributed by atoms with Crippen LogP contribution in [0, 0.1) is 0 Å². The minimum atomic E-state index is -0.385. The zero-order chi connectivity index (χ0) is 9.84. The fourth-order valence-corrected chi connectivity index (χ4v) is 0.711. The first kappa shape index (κ1) is 9.24. The van der Waals surface area contributed by atoms with Crippen molar-refractivity contribution < 1.29 is 14.0 Å². The third-order valence-corrected chi connectivity index (χ3v) is 1.24. The lowest BCUT2D eigenvalue weighted by Gasteiger charge is -1.93. The van der Waals surface area contributed by atoms with E-state index in [0.29, 0.717) is 0 Å². The number of aromatic nitrogens is 1. The monoisotopic (exact) mass is 183 g/mol. The van der Waals surface area contributed by atoms with Crippen LogP contribution in [0.2, 0.25) is 0 Å². The van der Waals surface area contributed by atoms with Gasteiger partial charge in [-0.05, 0) is 0 Å². The van der Waals surface area contributed by atoms with Crippen molar-refractivity contribution in [3.8, 4) is 0 Å². The van der Waals surface area contributed by atoms with E-state index in [9.17, 15) is 9.59 Å². The third-order valence-electron chi connectivity index (χ3n) is 1.24. The molecule has 13 heavy (non-hydrogen) atoms. The highest BCUT2D eigenvalue weighted by Crippen LogP contribution is 2.07. The van der Waals surface area contributed by atoms with E-state index >= 15 is 0 Å². The van der Waals surface area contributed by atoms with Gasteiger partial charge in [0.2, 0.25) is 11.7 Å². The SMILES string of the molecule is CNC(=O)c1cnc(NC(C)=O)o1. The van der Waals surface area contributed by atoms with Crippen LogP contribution in [0.25, 0.3) is 0 Å². The lowest BCUT2D eigenvalue weighted by atomic mass is 10.5. The number of oxazole rings is 1. The van der Waals surface area contributed by atoms with E-state index in [0.717, 1.165) is 0 Å². The predicted octanol–water partition coefficient (Wildman–Crippen LogP) is -0.00740. The highest BCUT2D eigenvalue weighted by atomic mass is 16.4. The number of nitrogens with zero attached hydrogens (tertiary/aromatic N) is 1.